The first-order valence-corrected chi connectivity index (χ1v) is 6.96. The number of hydrogen-bond acceptors (Lipinski definition) is 3. The van der Waals surface area contributed by atoms with Gasteiger partial charge in [0, 0.05) is 23.5 Å². The van der Waals surface area contributed by atoms with Crippen LogP contribution in [0.4, 0.5) is 10.5 Å². The molecule has 0 unspecified atom stereocenters. The minimum absolute atomic E-state index is 0.0326. The summed E-state index contributed by atoms with van der Waals surface area (Å²) in [6.45, 7) is 2.03. The number of benzene rings is 1. The molecule has 2 N–H and O–H groups in total. The van der Waals surface area contributed by atoms with E-state index in [-0.39, 0.29) is 11.8 Å². The molecule has 0 heterocycles. The average Bonchev–Trinajstić information content (AvgIpc) is 2.38. The predicted octanol–water partition coefficient (Wildman–Crippen LogP) is 2.38. The normalized spacial score (nSPS) is 9.47. The molecule has 1 aromatic rings. The molecular formula is C14H16N2O2S. The van der Waals surface area contributed by atoms with Gasteiger partial charge in [-0.25, -0.2) is 4.79 Å². The molecule has 2 amide bonds. The third-order valence-corrected chi connectivity index (χ3v) is 3.11. The molecule has 0 saturated carbocycles. The Morgan fingerprint density at radius 1 is 1.42 bits per heavy atom. The van der Waals surface area contributed by atoms with Crippen LogP contribution in [-0.4, -0.2) is 29.9 Å². The van der Waals surface area contributed by atoms with Crippen LogP contribution in [0, 0.1) is 12.3 Å². The molecule has 0 saturated heterocycles. The van der Waals surface area contributed by atoms with Crippen molar-refractivity contribution in [1.29, 1.82) is 0 Å². The first-order valence-electron chi connectivity index (χ1n) is 5.80. The van der Waals surface area contributed by atoms with E-state index in [4.69, 9.17) is 6.42 Å². The average molecular weight is 276 g/mol. The second kappa shape index (κ2) is 8.22. The number of ketones is 1. The van der Waals surface area contributed by atoms with Gasteiger partial charge in [0.25, 0.3) is 0 Å². The molecule has 0 aliphatic rings. The van der Waals surface area contributed by atoms with Gasteiger partial charge in [-0.3, -0.25) is 4.79 Å². The van der Waals surface area contributed by atoms with Crippen LogP contribution in [0.5, 0.6) is 0 Å². The Morgan fingerprint density at radius 3 is 2.89 bits per heavy atom. The summed E-state index contributed by atoms with van der Waals surface area (Å²) in [5, 5.41) is 5.39. The second-order valence-electron chi connectivity index (χ2n) is 3.77. The zero-order chi connectivity index (χ0) is 14.1. The van der Waals surface area contributed by atoms with E-state index in [1.165, 1.54) is 6.92 Å². The van der Waals surface area contributed by atoms with Crippen molar-refractivity contribution in [3.63, 3.8) is 0 Å². The number of thioether (sulfide) groups is 1. The van der Waals surface area contributed by atoms with E-state index in [9.17, 15) is 9.59 Å². The lowest BCUT2D eigenvalue weighted by molar-refractivity contribution is 0.101. The third kappa shape index (κ3) is 5.98. The Labute approximate surface area is 117 Å². The number of terminal acetylenes is 1. The minimum Gasteiger partial charge on any atom is -0.337 e. The van der Waals surface area contributed by atoms with Crippen molar-refractivity contribution < 1.29 is 9.59 Å². The molecule has 0 atom stereocenters. The summed E-state index contributed by atoms with van der Waals surface area (Å²) >= 11 is 1.58. The Kier molecular flexibility index (Phi) is 6.55. The van der Waals surface area contributed by atoms with Crippen LogP contribution in [-0.2, 0) is 0 Å². The maximum Gasteiger partial charge on any atom is 0.319 e. The van der Waals surface area contributed by atoms with Gasteiger partial charge >= 0.3 is 6.03 Å². The van der Waals surface area contributed by atoms with Crippen LogP contribution in [0.1, 0.15) is 17.3 Å². The SMILES string of the molecule is C#CCSCCNC(=O)Nc1cccc(C(C)=O)c1. The van der Waals surface area contributed by atoms with Crippen molar-refractivity contribution in [2.45, 2.75) is 6.92 Å². The number of carbonyl (C=O) groups is 2. The summed E-state index contributed by atoms with van der Waals surface area (Å²) in [7, 11) is 0. The number of hydrogen-bond donors (Lipinski definition) is 2. The quantitative estimate of drug-likeness (QED) is 0.476. The molecule has 0 bridgehead atoms. The van der Waals surface area contributed by atoms with Crippen molar-refractivity contribution in [2.75, 3.05) is 23.4 Å². The number of carbonyl (C=O) groups excluding carboxylic acids is 2. The molecule has 0 aliphatic heterocycles. The molecule has 0 aromatic heterocycles. The van der Waals surface area contributed by atoms with Gasteiger partial charge in [-0.05, 0) is 19.1 Å². The molecule has 0 radical (unpaired) electrons. The van der Waals surface area contributed by atoms with Gasteiger partial charge in [-0.15, -0.1) is 18.2 Å². The van der Waals surface area contributed by atoms with E-state index < -0.39 is 0 Å². The zero-order valence-electron chi connectivity index (χ0n) is 10.7. The van der Waals surface area contributed by atoms with Crippen molar-refractivity contribution in [3.8, 4) is 12.3 Å². The van der Waals surface area contributed by atoms with Gasteiger partial charge in [0.2, 0.25) is 0 Å². The van der Waals surface area contributed by atoms with Crippen molar-refractivity contribution in [2.24, 2.45) is 0 Å². The largest absolute Gasteiger partial charge is 0.337 e. The van der Waals surface area contributed by atoms with Crippen LogP contribution in [0.15, 0.2) is 24.3 Å². The smallest absolute Gasteiger partial charge is 0.319 e. The standard InChI is InChI=1S/C14H16N2O2S/c1-3-8-19-9-7-15-14(18)16-13-6-4-5-12(10-13)11(2)17/h1,4-6,10H,7-9H2,2H3,(H2,15,16,18). The molecule has 1 aromatic carbocycles. The highest BCUT2D eigenvalue weighted by Crippen LogP contribution is 2.10. The molecule has 0 spiro atoms. The van der Waals surface area contributed by atoms with Crippen molar-refractivity contribution in [1.82, 2.24) is 5.32 Å². The second-order valence-corrected chi connectivity index (χ2v) is 4.88. The van der Waals surface area contributed by atoms with Gasteiger partial charge in [0.15, 0.2) is 5.78 Å². The number of Topliss-reactive ketones (excluding diaryl/α,β-unsaturated/α-hetero) is 1. The predicted molar refractivity (Wildman–Crippen MR) is 79.6 cm³/mol. The Balaban J connectivity index is 2.38. The maximum absolute atomic E-state index is 11.6. The number of amides is 2. The highest BCUT2D eigenvalue weighted by Gasteiger charge is 2.03. The minimum atomic E-state index is -0.290. The summed E-state index contributed by atoms with van der Waals surface area (Å²) in [6.07, 6.45) is 5.11. The summed E-state index contributed by atoms with van der Waals surface area (Å²) in [5.41, 5.74) is 1.17. The van der Waals surface area contributed by atoms with E-state index in [2.05, 4.69) is 16.6 Å². The van der Waals surface area contributed by atoms with Gasteiger partial charge in [0.1, 0.15) is 0 Å². The molecule has 4 nitrogen and oxygen atoms in total. The van der Waals surface area contributed by atoms with Gasteiger partial charge in [-0.2, -0.15) is 0 Å². The van der Waals surface area contributed by atoms with Gasteiger partial charge in [0.05, 0.1) is 5.75 Å². The molecule has 19 heavy (non-hydrogen) atoms. The Hall–Kier alpha value is -1.93. The van der Waals surface area contributed by atoms with Crippen molar-refractivity contribution in [3.05, 3.63) is 29.8 Å². The zero-order valence-corrected chi connectivity index (χ0v) is 11.5. The summed E-state index contributed by atoms with van der Waals surface area (Å²) in [4.78, 5) is 22.8. The van der Waals surface area contributed by atoms with Crippen LogP contribution >= 0.6 is 11.8 Å². The lowest BCUT2D eigenvalue weighted by Gasteiger charge is -2.07. The molecule has 1 rings (SSSR count). The lowest BCUT2D eigenvalue weighted by atomic mass is 10.1. The fourth-order valence-corrected chi connectivity index (χ4v) is 1.87. The van der Waals surface area contributed by atoms with Crippen molar-refractivity contribution >= 4 is 29.3 Å². The van der Waals surface area contributed by atoms with E-state index in [1.54, 1.807) is 36.0 Å². The van der Waals surface area contributed by atoms with E-state index in [0.717, 1.165) is 5.75 Å². The summed E-state index contributed by atoms with van der Waals surface area (Å²) < 4.78 is 0. The number of rotatable bonds is 6. The highest BCUT2D eigenvalue weighted by molar-refractivity contribution is 7.99. The number of urea groups is 1. The summed E-state index contributed by atoms with van der Waals surface area (Å²) in [6, 6.07) is 6.53. The summed E-state index contributed by atoms with van der Waals surface area (Å²) in [5.74, 6) is 3.89. The van der Waals surface area contributed by atoms with E-state index >= 15 is 0 Å². The molecular weight excluding hydrogens is 260 g/mol. The molecule has 0 aliphatic carbocycles. The third-order valence-electron chi connectivity index (χ3n) is 2.24. The molecule has 100 valence electrons. The first kappa shape index (κ1) is 15.1. The van der Waals surface area contributed by atoms with Crippen LogP contribution in [0.2, 0.25) is 0 Å². The fourth-order valence-electron chi connectivity index (χ4n) is 1.36. The number of anilines is 1. The topological polar surface area (TPSA) is 58.2 Å². The number of nitrogens with one attached hydrogen (secondary N) is 2. The molecule has 5 heteroatoms. The monoisotopic (exact) mass is 276 g/mol. The lowest BCUT2D eigenvalue weighted by Crippen LogP contribution is -2.30. The van der Waals surface area contributed by atoms with E-state index in [1.807, 2.05) is 0 Å². The fraction of sp³-hybridized carbons (Fsp3) is 0.286. The van der Waals surface area contributed by atoms with E-state index in [0.29, 0.717) is 23.5 Å². The Bertz CT molecular complexity index is 494. The first-order chi connectivity index (χ1) is 9.13. The van der Waals surface area contributed by atoms with Crippen LogP contribution in [0.3, 0.4) is 0 Å². The van der Waals surface area contributed by atoms with Gasteiger partial charge < -0.3 is 10.6 Å². The maximum atomic E-state index is 11.6. The molecule has 0 fully saturated rings. The van der Waals surface area contributed by atoms with Gasteiger partial charge in [-0.1, -0.05) is 18.1 Å². The van der Waals surface area contributed by atoms with Crippen LogP contribution in [0.25, 0.3) is 0 Å². The Morgan fingerprint density at radius 2 is 2.21 bits per heavy atom. The van der Waals surface area contributed by atoms with Crippen LogP contribution < -0.4 is 10.6 Å². The highest BCUT2D eigenvalue weighted by atomic mass is 32.2.